The van der Waals surface area contributed by atoms with Gasteiger partial charge in [-0.3, -0.25) is 9.59 Å². The minimum atomic E-state index is -0.188. The molecule has 0 aliphatic rings. The number of nitrogens with zero attached hydrogens (tertiary/aromatic N) is 5. The lowest BCUT2D eigenvalue weighted by molar-refractivity contribution is -0.131. The minimum Gasteiger partial charge on any atom is -0.359 e. The van der Waals surface area contributed by atoms with Crippen molar-refractivity contribution in [1.82, 2.24) is 25.1 Å². The molecule has 0 saturated heterocycles. The zero-order valence-corrected chi connectivity index (χ0v) is 19.7. The molecule has 170 valence electrons. The van der Waals surface area contributed by atoms with E-state index in [2.05, 4.69) is 38.9 Å². The summed E-state index contributed by atoms with van der Waals surface area (Å²) in [5.41, 5.74) is 0.813. The summed E-state index contributed by atoms with van der Waals surface area (Å²) < 4.78 is 0. The van der Waals surface area contributed by atoms with Crippen LogP contribution in [0.1, 0.15) is 37.6 Å². The Kier molecular flexibility index (Phi) is 11.9. The van der Waals surface area contributed by atoms with E-state index in [1.165, 1.54) is 11.0 Å². The lowest BCUT2D eigenvalue weighted by Crippen LogP contribution is -2.38. The number of aromatic nitrogens is 2. The molecule has 0 saturated carbocycles. The number of carbonyl (C=O) groups is 2. The van der Waals surface area contributed by atoms with Gasteiger partial charge in [0.25, 0.3) is 0 Å². The molecule has 8 nitrogen and oxygen atoms in total. The molecule has 31 heavy (non-hydrogen) atoms. The number of anilines is 1. The summed E-state index contributed by atoms with van der Waals surface area (Å²) in [6, 6.07) is 0. The van der Waals surface area contributed by atoms with Gasteiger partial charge in [0.15, 0.2) is 0 Å². The number of aryl methyl sites for hydroxylation is 1. The van der Waals surface area contributed by atoms with Crippen molar-refractivity contribution in [2.24, 2.45) is 0 Å². The van der Waals surface area contributed by atoms with E-state index in [9.17, 15) is 9.59 Å². The molecule has 1 aromatic rings. The van der Waals surface area contributed by atoms with Gasteiger partial charge in [-0.1, -0.05) is 24.8 Å². The Morgan fingerprint density at radius 2 is 1.97 bits per heavy atom. The van der Waals surface area contributed by atoms with Gasteiger partial charge in [-0.25, -0.2) is 9.97 Å². The van der Waals surface area contributed by atoms with Gasteiger partial charge in [-0.2, -0.15) is 0 Å². The van der Waals surface area contributed by atoms with Crippen LogP contribution in [-0.2, 0) is 9.59 Å². The van der Waals surface area contributed by atoms with Crippen LogP contribution in [0, 0.1) is 18.8 Å². The van der Waals surface area contributed by atoms with E-state index < -0.39 is 0 Å². The fraction of sp³-hybridized carbons (Fsp3) is 0.565. The first-order chi connectivity index (χ1) is 14.7. The van der Waals surface area contributed by atoms with Crippen LogP contribution < -0.4 is 10.2 Å². The van der Waals surface area contributed by atoms with Crippen LogP contribution in [0.15, 0.2) is 18.3 Å². The molecule has 1 heterocycles. The third-order valence-electron chi connectivity index (χ3n) is 4.32. The molecule has 8 heteroatoms. The van der Waals surface area contributed by atoms with Gasteiger partial charge in [-0.05, 0) is 33.9 Å². The molecule has 0 aromatic carbocycles. The molecule has 1 aromatic heterocycles. The number of likely N-dealkylation sites (N-methyl/N-ethyl adjacent to an activating group) is 2. The molecule has 2 amide bonds. The Balaban J connectivity index is 2.42. The van der Waals surface area contributed by atoms with Crippen LogP contribution in [0.2, 0.25) is 0 Å². The number of nitrogens with one attached hydrogen (secondary N) is 1. The van der Waals surface area contributed by atoms with Crippen molar-refractivity contribution >= 4 is 17.6 Å². The number of hydrogen-bond acceptors (Lipinski definition) is 6. The first-order valence-electron chi connectivity index (χ1n) is 10.6. The summed E-state index contributed by atoms with van der Waals surface area (Å²) in [6.45, 7) is 6.12. The van der Waals surface area contributed by atoms with Gasteiger partial charge < -0.3 is 20.0 Å². The quantitative estimate of drug-likeness (QED) is 0.326. The monoisotopic (exact) mass is 428 g/mol. The van der Waals surface area contributed by atoms with Crippen molar-refractivity contribution in [3.8, 4) is 11.8 Å². The summed E-state index contributed by atoms with van der Waals surface area (Å²) >= 11 is 0. The number of carbonyl (C=O) groups excluding carboxylic acids is 2. The molecular weight excluding hydrogens is 392 g/mol. The second-order valence-corrected chi connectivity index (χ2v) is 7.69. The lowest BCUT2D eigenvalue weighted by atomic mass is 10.2. The minimum absolute atomic E-state index is 0.0324. The number of amides is 2. The standard InChI is InChI=1S/C23H36N6O2/c1-7-15-28(5)23-20(17-25-19(2)26-23)12-9-8-10-14-24-21(30)18-29(6)22(31)13-11-16-27(3)4/h11,13,17H,7-8,10,14-16,18H2,1-6H3,(H,24,30)/b13-11+. The SMILES string of the molecule is CCCN(C)c1nc(C)ncc1C#CCCCNC(=O)CN(C)C(=O)/C=C/CN(C)C. The normalized spacial score (nSPS) is 10.7. The zero-order valence-electron chi connectivity index (χ0n) is 19.7. The molecule has 1 rings (SSSR count). The van der Waals surface area contributed by atoms with Crippen LogP contribution in [0.3, 0.4) is 0 Å². The Labute approximate surface area is 186 Å². The summed E-state index contributed by atoms with van der Waals surface area (Å²) in [5, 5.41) is 2.83. The summed E-state index contributed by atoms with van der Waals surface area (Å²) in [7, 11) is 7.47. The third kappa shape index (κ3) is 10.6. The molecule has 0 fully saturated rings. The van der Waals surface area contributed by atoms with Crippen molar-refractivity contribution in [2.45, 2.75) is 33.1 Å². The van der Waals surface area contributed by atoms with Gasteiger partial charge in [0.05, 0.1) is 12.1 Å². The highest BCUT2D eigenvalue weighted by atomic mass is 16.2. The molecule has 0 aliphatic carbocycles. The smallest absolute Gasteiger partial charge is 0.246 e. The van der Waals surface area contributed by atoms with Gasteiger partial charge in [-0.15, -0.1) is 0 Å². The molecule has 0 atom stereocenters. The molecule has 0 spiro atoms. The van der Waals surface area contributed by atoms with Crippen LogP contribution in [0.4, 0.5) is 5.82 Å². The van der Waals surface area contributed by atoms with Crippen molar-refractivity contribution in [3.63, 3.8) is 0 Å². The average molecular weight is 429 g/mol. The van der Waals surface area contributed by atoms with Crippen molar-refractivity contribution < 1.29 is 9.59 Å². The predicted molar refractivity (Wildman–Crippen MR) is 125 cm³/mol. The number of hydrogen-bond donors (Lipinski definition) is 1. The predicted octanol–water partition coefficient (Wildman–Crippen LogP) is 1.46. The van der Waals surface area contributed by atoms with Crippen molar-refractivity contribution in [1.29, 1.82) is 0 Å². The van der Waals surface area contributed by atoms with Crippen molar-refractivity contribution in [2.75, 3.05) is 59.3 Å². The van der Waals surface area contributed by atoms with Crippen LogP contribution in [0.5, 0.6) is 0 Å². The largest absolute Gasteiger partial charge is 0.359 e. The van der Waals surface area contributed by atoms with E-state index in [0.717, 1.165) is 36.6 Å². The molecule has 0 aliphatic heterocycles. The van der Waals surface area contributed by atoms with E-state index in [-0.39, 0.29) is 18.4 Å². The van der Waals surface area contributed by atoms with E-state index in [1.807, 2.05) is 33.0 Å². The molecule has 0 radical (unpaired) electrons. The fourth-order valence-electron chi connectivity index (χ4n) is 2.68. The highest BCUT2D eigenvalue weighted by molar-refractivity contribution is 5.91. The molecule has 0 unspecified atom stereocenters. The van der Waals surface area contributed by atoms with Gasteiger partial charge in [0.2, 0.25) is 11.8 Å². The second kappa shape index (κ2) is 14.1. The Morgan fingerprint density at radius 1 is 1.23 bits per heavy atom. The van der Waals surface area contributed by atoms with Gasteiger partial charge in [0, 0.05) is 52.4 Å². The van der Waals surface area contributed by atoms with Gasteiger partial charge >= 0.3 is 0 Å². The fourth-order valence-corrected chi connectivity index (χ4v) is 2.68. The van der Waals surface area contributed by atoms with E-state index in [1.54, 1.807) is 19.3 Å². The first-order valence-corrected chi connectivity index (χ1v) is 10.6. The van der Waals surface area contributed by atoms with Gasteiger partial charge in [0.1, 0.15) is 11.6 Å². The molecular formula is C23H36N6O2. The molecule has 1 N–H and O–H groups in total. The summed E-state index contributed by atoms with van der Waals surface area (Å²) in [6.07, 6.45) is 7.43. The second-order valence-electron chi connectivity index (χ2n) is 7.69. The Hall–Kier alpha value is -2.92. The maximum Gasteiger partial charge on any atom is 0.246 e. The highest BCUT2D eigenvalue weighted by Gasteiger charge is 2.10. The van der Waals surface area contributed by atoms with E-state index in [0.29, 0.717) is 19.5 Å². The summed E-state index contributed by atoms with van der Waals surface area (Å²) in [5.74, 6) is 7.49. The van der Waals surface area contributed by atoms with Crippen LogP contribution in [0.25, 0.3) is 0 Å². The first kappa shape index (κ1) is 26.1. The highest BCUT2D eigenvalue weighted by Crippen LogP contribution is 2.15. The molecule has 0 bridgehead atoms. The van der Waals surface area contributed by atoms with Crippen LogP contribution in [-0.4, -0.2) is 86.0 Å². The Morgan fingerprint density at radius 3 is 2.65 bits per heavy atom. The van der Waals surface area contributed by atoms with E-state index >= 15 is 0 Å². The lowest BCUT2D eigenvalue weighted by Gasteiger charge is -2.18. The van der Waals surface area contributed by atoms with Crippen molar-refractivity contribution in [3.05, 3.63) is 29.7 Å². The maximum absolute atomic E-state index is 12.0. The summed E-state index contributed by atoms with van der Waals surface area (Å²) in [4.78, 5) is 38.2. The maximum atomic E-state index is 12.0. The number of rotatable bonds is 11. The number of unbranched alkanes of at least 4 members (excludes halogenated alkanes) is 1. The topological polar surface area (TPSA) is 81.7 Å². The zero-order chi connectivity index (χ0) is 23.2. The van der Waals surface area contributed by atoms with Crippen LogP contribution >= 0.6 is 0 Å². The third-order valence-corrected chi connectivity index (χ3v) is 4.32. The average Bonchev–Trinajstić information content (AvgIpc) is 2.71. The Bertz CT molecular complexity index is 810. The van der Waals surface area contributed by atoms with E-state index in [4.69, 9.17) is 0 Å².